The minimum absolute atomic E-state index is 0.00537. The van der Waals surface area contributed by atoms with Crippen LogP contribution in [0.25, 0.3) is 11.1 Å². The first kappa shape index (κ1) is 35.4. The Labute approximate surface area is 273 Å². The van der Waals surface area contributed by atoms with E-state index in [0.717, 1.165) is 9.87 Å². The molecule has 4 N–H and O–H groups in total. The second kappa shape index (κ2) is 14.9. The van der Waals surface area contributed by atoms with E-state index in [0.29, 0.717) is 5.52 Å². The molecule has 14 nitrogen and oxygen atoms in total. The molecule has 4 atom stereocenters. The smallest absolute Gasteiger partial charge is 0.408 e. The first-order chi connectivity index (χ1) is 22.2. The van der Waals surface area contributed by atoms with E-state index in [4.69, 9.17) is 4.42 Å². The van der Waals surface area contributed by atoms with Gasteiger partial charge in [0.05, 0.1) is 17.0 Å². The van der Waals surface area contributed by atoms with E-state index in [2.05, 4.69) is 21.3 Å². The molecule has 4 amide bonds. The van der Waals surface area contributed by atoms with E-state index in [-0.39, 0.29) is 42.2 Å². The van der Waals surface area contributed by atoms with Crippen molar-refractivity contribution in [1.82, 2.24) is 30.1 Å². The number of amides is 4. The lowest BCUT2D eigenvalue weighted by atomic mass is 10.0. The van der Waals surface area contributed by atoms with E-state index in [1.165, 1.54) is 36.7 Å². The topological polar surface area (TPSA) is 189 Å². The summed E-state index contributed by atoms with van der Waals surface area (Å²) in [6.45, 7) is 5.97. The molecule has 2 aromatic carbocycles. The molecule has 0 spiro atoms. The predicted molar refractivity (Wildman–Crippen MR) is 174 cm³/mol. The van der Waals surface area contributed by atoms with Crippen molar-refractivity contribution in [1.29, 1.82) is 0 Å². The van der Waals surface area contributed by atoms with Gasteiger partial charge in [-0.3, -0.25) is 23.7 Å². The summed E-state index contributed by atoms with van der Waals surface area (Å²) in [6.07, 6.45) is 0.690. The van der Waals surface area contributed by atoms with E-state index in [1.54, 1.807) is 6.92 Å². The van der Waals surface area contributed by atoms with Crippen LogP contribution in [0, 0.1) is 5.92 Å². The maximum Gasteiger partial charge on any atom is 0.419 e. The van der Waals surface area contributed by atoms with Crippen molar-refractivity contribution >= 4 is 44.8 Å². The third-order valence-corrected chi connectivity index (χ3v) is 9.82. The molecule has 1 aromatic heterocycles. The molecule has 1 fully saturated rings. The molecule has 1 saturated heterocycles. The summed E-state index contributed by atoms with van der Waals surface area (Å²) in [6, 6.07) is 9.08. The zero-order chi connectivity index (χ0) is 34.5. The fraction of sp³-hybridized carbons (Fsp3) is 0.469. The van der Waals surface area contributed by atoms with Crippen molar-refractivity contribution in [3.05, 3.63) is 64.6 Å². The molecule has 0 aliphatic carbocycles. The average molecular weight is 671 g/mol. The van der Waals surface area contributed by atoms with Crippen LogP contribution in [0.5, 0.6) is 0 Å². The summed E-state index contributed by atoms with van der Waals surface area (Å²) in [4.78, 5) is 65.5. The first-order valence-electron chi connectivity index (χ1n) is 15.5. The molecule has 2 heterocycles. The van der Waals surface area contributed by atoms with Gasteiger partial charge in [0.1, 0.15) is 18.1 Å². The monoisotopic (exact) mass is 670 g/mol. The summed E-state index contributed by atoms with van der Waals surface area (Å²) < 4.78 is 35.4. The van der Waals surface area contributed by atoms with Crippen molar-refractivity contribution < 1.29 is 32.0 Å². The van der Waals surface area contributed by atoms with Crippen molar-refractivity contribution in [2.75, 3.05) is 13.1 Å². The molecule has 0 bridgehead atoms. The van der Waals surface area contributed by atoms with Crippen LogP contribution in [0.1, 0.15) is 46.1 Å². The second-order valence-electron chi connectivity index (χ2n) is 12.2. The van der Waals surface area contributed by atoms with Gasteiger partial charge in [-0.2, -0.15) is 4.31 Å². The molecule has 4 rings (SSSR count). The number of nitrogens with zero attached hydrogens (tertiary/aromatic N) is 2. The molecular weight excluding hydrogens is 628 g/mol. The van der Waals surface area contributed by atoms with Gasteiger partial charge in [0.15, 0.2) is 5.58 Å². The van der Waals surface area contributed by atoms with E-state index in [9.17, 15) is 32.4 Å². The third kappa shape index (κ3) is 8.65. The number of hydrogen-bond donors (Lipinski definition) is 4. The summed E-state index contributed by atoms with van der Waals surface area (Å²) in [5, 5.41) is 10.9. The van der Waals surface area contributed by atoms with Crippen molar-refractivity contribution in [3.8, 4) is 0 Å². The fourth-order valence-electron chi connectivity index (χ4n) is 5.34. The molecule has 0 radical (unpaired) electrons. The number of carbonyl (C=O) groups excluding carboxylic acids is 4. The Morgan fingerprint density at radius 2 is 1.55 bits per heavy atom. The SMILES string of the molecule is CC[C@H]1CN(S(=O)(=O)c2ccc3c(c2)oc(=O)n3C)CC(=O)N[C@H](C)C(=O)N[C@@H](CC(C)C)C(=O)N[C@@H](Cc2ccccc2)C(=O)N1. The zero-order valence-electron chi connectivity index (χ0n) is 27.1. The van der Waals surface area contributed by atoms with Crippen LogP contribution < -0.4 is 27.0 Å². The number of oxazole rings is 1. The number of fused-ring (bicyclic) bond motifs is 1. The molecular formula is C32H42N6O8S. The maximum atomic E-state index is 14.0. The quantitative estimate of drug-likeness (QED) is 0.284. The highest BCUT2D eigenvalue weighted by Crippen LogP contribution is 2.22. The van der Waals surface area contributed by atoms with Crippen LogP contribution in [0.15, 0.2) is 62.6 Å². The van der Waals surface area contributed by atoms with Crippen LogP contribution in [-0.4, -0.2) is 78.2 Å². The Hall–Kier alpha value is -4.50. The van der Waals surface area contributed by atoms with Crippen molar-refractivity contribution in [2.45, 2.75) is 76.0 Å². The largest absolute Gasteiger partial charge is 0.419 e. The lowest BCUT2D eigenvalue weighted by Crippen LogP contribution is -2.57. The lowest BCUT2D eigenvalue weighted by Gasteiger charge is -2.28. The first-order valence-corrected chi connectivity index (χ1v) is 17.0. The van der Waals surface area contributed by atoms with Crippen LogP contribution in [0.2, 0.25) is 0 Å². The Bertz CT molecular complexity index is 1790. The lowest BCUT2D eigenvalue weighted by molar-refractivity contribution is -0.133. The highest BCUT2D eigenvalue weighted by atomic mass is 32.2. The van der Waals surface area contributed by atoms with Gasteiger partial charge in [0.2, 0.25) is 33.7 Å². The summed E-state index contributed by atoms with van der Waals surface area (Å²) >= 11 is 0. The van der Waals surface area contributed by atoms with Gasteiger partial charge >= 0.3 is 5.76 Å². The number of rotatable bonds is 7. The van der Waals surface area contributed by atoms with Crippen LogP contribution in [0.4, 0.5) is 0 Å². The number of nitrogens with one attached hydrogen (secondary N) is 4. The van der Waals surface area contributed by atoms with Gasteiger partial charge in [-0.25, -0.2) is 13.2 Å². The average Bonchev–Trinajstić information content (AvgIpc) is 3.31. The number of aromatic nitrogens is 1. The molecule has 47 heavy (non-hydrogen) atoms. The summed E-state index contributed by atoms with van der Waals surface area (Å²) in [5.41, 5.74) is 1.20. The Kier molecular flexibility index (Phi) is 11.2. The van der Waals surface area contributed by atoms with Gasteiger partial charge in [-0.05, 0) is 43.4 Å². The number of benzene rings is 2. The standard InChI is InChI=1S/C32H42N6O8S/c1-6-22-17-38(47(44,45)23-12-13-26-27(16-23)46-32(43)37(26)5)18-28(39)33-20(4)29(40)35-24(14-19(2)3)31(42)36-25(30(41)34-22)15-21-10-8-7-9-11-21/h7-13,16,19-20,22,24-25H,6,14-15,17-18H2,1-5H3,(H,33,39)(H,34,41)(H,35,40)(H,36,42)/t20-,22+,24+,25+/m1/s1. The number of sulfonamides is 1. The van der Waals surface area contributed by atoms with Crippen LogP contribution >= 0.6 is 0 Å². The fourth-order valence-corrected chi connectivity index (χ4v) is 6.80. The molecule has 3 aromatic rings. The van der Waals surface area contributed by atoms with Crippen molar-refractivity contribution in [3.63, 3.8) is 0 Å². The maximum absolute atomic E-state index is 14.0. The van der Waals surface area contributed by atoms with Gasteiger partial charge in [0.25, 0.3) is 0 Å². The minimum atomic E-state index is -4.41. The molecule has 254 valence electrons. The zero-order valence-corrected chi connectivity index (χ0v) is 27.9. The Balaban J connectivity index is 1.73. The summed E-state index contributed by atoms with van der Waals surface area (Å²) in [5.74, 6) is -3.20. The molecule has 15 heteroatoms. The molecule has 1 aliphatic heterocycles. The molecule has 1 aliphatic rings. The van der Waals surface area contributed by atoms with E-state index >= 15 is 0 Å². The summed E-state index contributed by atoms with van der Waals surface area (Å²) in [7, 11) is -2.92. The highest BCUT2D eigenvalue weighted by Gasteiger charge is 2.34. The third-order valence-electron chi connectivity index (χ3n) is 8.01. The number of aryl methyl sites for hydroxylation is 1. The molecule has 0 unspecified atom stereocenters. The van der Waals surface area contributed by atoms with E-state index in [1.807, 2.05) is 44.2 Å². The van der Waals surface area contributed by atoms with Gasteiger partial charge in [0, 0.05) is 32.1 Å². The minimum Gasteiger partial charge on any atom is -0.408 e. The normalized spacial score (nSPS) is 22.6. The number of hydrogen-bond acceptors (Lipinski definition) is 8. The highest BCUT2D eigenvalue weighted by molar-refractivity contribution is 7.89. The predicted octanol–water partition coefficient (Wildman–Crippen LogP) is 0.794. The van der Waals surface area contributed by atoms with Gasteiger partial charge in [-0.15, -0.1) is 0 Å². The van der Waals surface area contributed by atoms with Gasteiger partial charge < -0.3 is 25.7 Å². The second-order valence-corrected chi connectivity index (χ2v) is 14.1. The van der Waals surface area contributed by atoms with Crippen LogP contribution in [-0.2, 0) is 42.7 Å². The Morgan fingerprint density at radius 3 is 2.21 bits per heavy atom. The van der Waals surface area contributed by atoms with Crippen molar-refractivity contribution in [2.24, 2.45) is 13.0 Å². The Morgan fingerprint density at radius 1 is 0.894 bits per heavy atom. The van der Waals surface area contributed by atoms with Gasteiger partial charge in [-0.1, -0.05) is 51.1 Å². The number of carbonyl (C=O) groups is 4. The molecule has 0 saturated carbocycles. The van der Waals surface area contributed by atoms with Crippen LogP contribution in [0.3, 0.4) is 0 Å². The van der Waals surface area contributed by atoms with E-state index < -0.39 is 70.1 Å².